The lowest BCUT2D eigenvalue weighted by Gasteiger charge is -2.38. The molecule has 0 radical (unpaired) electrons. The van der Waals surface area contributed by atoms with E-state index in [0.29, 0.717) is 0 Å². The molecule has 0 aromatic heterocycles. The van der Waals surface area contributed by atoms with Gasteiger partial charge in [0.25, 0.3) is 0 Å². The van der Waals surface area contributed by atoms with Gasteiger partial charge in [-0.3, -0.25) is 0 Å². The second kappa shape index (κ2) is 5.29. The number of fused-ring (bicyclic) bond motifs is 1. The summed E-state index contributed by atoms with van der Waals surface area (Å²) in [5.41, 5.74) is 2.44. The molecule has 4 rings (SSSR count). The summed E-state index contributed by atoms with van der Waals surface area (Å²) in [6, 6.07) is 6.18. The smallest absolute Gasteiger partial charge is 0.120 e. The molecule has 21 heavy (non-hydrogen) atoms. The third-order valence-electron chi connectivity index (χ3n) is 5.43. The molecule has 3 heteroatoms. The van der Waals surface area contributed by atoms with E-state index < -0.39 is 0 Å². The molecule has 1 aromatic carbocycles. The van der Waals surface area contributed by atoms with Crippen molar-refractivity contribution in [1.82, 2.24) is 0 Å². The minimum absolute atomic E-state index is 0.107. The summed E-state index contributed by atoms with van der Waals surface area (Å²) in [7, 11) is 0. The van der Waals surface area contributed by atoms with Crippen LogP contribution in [0.2, 0.25) is 0 Å². The maximum atomic E-state index is 9.88. The zero-order valence-electron chi connectivity index (χ0n) is 12.5. The number of rotatable bonds is 2. The predicted octanol–water partition coefficient (Wildman–Crippen LogP) is 3.54. The van der Waals surface area contributed by atoms with Gasteiger partial charge in [0.1, 0.15) is 11.9 Å². The van der Waals surface area contributed by atoms with Gasteiger partial charge < -0.3 is 14.6 Å². The van der Waals surface area contributed by atoms with E-state index in [2.05, 4.69) is 6.07 Å². The maximum Gasteiger partial charge on any atom is 0.120 e. The summed E-state index contributed by atoms with van der Waals surface area (Å²) < 4.78 is 12.3. The molecule has 3 nitrogen and oxygen atoms in total. The monoisotopic (exact) mass is 288 g/mol. The lowest BCUT2D eigenvalue weighted by molar-refractivity contribution is -0.108. The molecule has 2 atom stereocenters. The molecular weight excluding hydrogens is 264 g/mol. The van der Waals surface area contributed by atoms with Crippen LogP contribution in [0.1, 0.15) is 62.2 Å². The summed E-state index contributed by atoms with van der Waals surface area (Å²) in [5.74, 6) is 0.961. The van der Waals surface area contributed by atoms with E-state index in [1.54, 1.807) is 0 Å². The number of aliphatic hydroxyl groups is 1. The van der Waals surface area contributed by atoms with Gasteiger partial charge in [0.2, 0.25) is 0 Å². The molecule has 0 amide bonds. The van der Waals surface area contributed by atoms with Gasteiger partial charge in [0.15, 0.2) is 0 Å². The second-order valence-electron chi connectivity index (χ2n) is 6.89. The van der Waals surface area contributed by atoms with Crippen molar-refractivity contribution in [3.05, 3.63) is 29.3 Å². The van der Waals surface area contributed by atoms with E-state index in [0.717, 1.165) is 43.6 Å². The van der Waals surface area contributed by atoms with E-state index >= 15 is 0 Å². The van der Waals surface area contributed by atoms with E-state index in [1.807, 2.05) is 12.1 Å². The Hall–Kier alpha value is -1.06. The average molecular weight is 288 g/mol. The maximum absolute atomic E-state index is 9.88. The largest absolute Gasteiger partial charge is 0.490 e. The van der Waals surface area contributed by atoms with Crippen molar-refractivity contribution in [1.29, 1.82) is 0 Å². The van der Waals surface area contributed by atoms with E-state index in [-0.39, 0.29) is 17.8 Å². The molecule has 1 aromatic rings. The summed E-state index contributed by atoms with van der Waals surface area (Å²) in [4.78, 5) is 0. The quantitative estimate of drug-likeness (QED) is 0.904. The Morgan fingerprint density at radius 1 is 1.19 bits per heavy atom. The van der Waals surface area contributed by atoms with E-state index in [1.165, 1.54) is 31.2 Å². The lowest BCUT2D eigenvalue weighted by atomic mass is 9.90. The first kappa shape index (κ1) is 13.6. The summed E-state index contributed by atoms with van der Waals surface area (Å²) in [6.07, 6.45) is 8.82. The van der Waals surface area contributed by atoms with Gasteiger partial charge in [0, 0.05) is 12.8 Å². The van der Waals surface area contributed by atoms with Crippen molar-refractivity contribution in [2.45, 2.75) is 69.2 Å². The Balaban J connectivity index is 1.46. The lowest BCUT2D eigenvalue weighted by Crippen LogP contribution is -2.41. The van der Waals surface area contributed by atoms with E-state index in [9.17, 15) is 5.11 Å². The number of hydrogen-bond acceptors (Lipinski definition) is 3. The summed E-state index contributed by atoms with van der Waals surface area (Å²) in [5, 5.41) is 9.88. The number of ether oxygens (including phenoxy) is 2. The van der Waals surface area contributed by atoms with Crippen molar-refractivity contribution in [2.75, 3.05) is 6.61 Å². The van der Waals surface area contributed by atoms with Crippen LogP contribution in [0.4, 0.5) is 0 Å². The number of aryl methyl sites for hydroxylation is 1. The van der Waals surface area contributed by atoms with Crippen molar-refractivity contribution >= 4 is 0 Å². The third kappa shape index (κ3) is 2.58. The number of benzene rings is 1. The zero-order valence-corrected chi connectivity index (χ0v) is 12.5. The molecule has 3 aliphatic rings. The molecule has 1 N–H and O–H groups in total. The SMILES string of the molecule is O[C@@H]1CCc2cc(OC3CCOC4(CCCC4)C3)ccc21. The van der Waals surface area contributed by atoms with Crippen LogP contribution in [0, 0.1) is 0 Å². The van der Waals surface area contributed by atoms with Crippen molar-refractivity contribution in [3.8, 4) is 5.75 Å². The first-order valence-corrected chi connectivity index (χ1v) is 8.36. The average Bonchev–Trinajstić information content (AvgIpc) is 3.07. The Morgan fingerprint density at radius 2 is 2.05 bits per heavy atom. The number of aliphatic hydroxyl groups excluding tert-OH is 1. The van der Waals surface area contributed by atoms with Crippen molar-refractivity contribution in [2.24, 2.45) is 0 Å². The van der Waals surface area contributed by atoms with Gasteiger partial charge in [-0.2, -0.15) is 0 Å². The Labute approximate surface area is 126 Å². The van der Waals surface area contributed by atoms with E-state index in [4.69, 9.17) is 9.47 Å². The van der Waals surface area contributed by atoms with Crippen LogP contribution < -0.4 is 4.74 Å². The van der Waals surface area contributed by atoms with Crippen LogP contribution >= 0.6 is 0 Å². The predicted molar refractivity (Wildman–Crippen MR) is 80.5 cm³/mol. The Bertz CT molecular complexity index is 519. The highest BCUT2D eigenvalue weighted by atomic mass is 16.5. The highest BCUT2D eigenvalue weighted by Crippen LogP contribution is 2.41. The molecule has 1 aliphatic heterocycles. The Kier molecular flexibility index (Phi) is 3.43. The fraction of sp³-hybridized carbons (Fsp3) is 0.667. The zero-order chi connectivity index (χ0) is 14.3. The third-order valence-corrected chi connectivity index (χ3v) is 5.43. The van der Waals surface area contributed by atoms with Crippen LogP contribution in [0.25, 0.3) is 0 Å². The fourth-order valence-corrected chi connectivity index (χ4v) is 4.29. The molecule has 1 spiro atoms. The summed E-state index contributed by atoms with van der Waals surface area (Å²) in [6.45, 7) is 0.828. The van der Waals surface area contributed by atoms with Crippen LogP contribution in [-0.2, 0) is 11.2 Å². The first-order chi connectivity index (χ1) is 10.2. The molecule has 1 heterocycles. The second-order valence-corrected chi connectivity index (χ2v) is 6.89. The minimum Gasteiger partial charge on any atom is -0.490 e. The van der Waals surface area contributed by atoms with Crippen molar-refractivity contribution < 1.29 is 14.6 Å². The standard InChI is InChI=1S/C18H24O3/c19-17-6-3-13-11-14(4-5-16(13)17)21-15-7-10-20-18(12-15)8-1-2-9-18/h4-5,11,15,17,19H,1-3,6-10,12H2/t15?,17-/m1/s1. The van der Waals surface area contributed by atoms with Crippen LogP contribution in [0.5, 0.6) is 5.75 Å². The number of hydrogen-bond donors (Lipinski definition) is 1. The highest BCUT2D eigenvalue weighted by Gasteiger charge is 2.40. The normalized spacial score (nSPS) is 30.5. The van der Waals surface area contributed by atoms with Crippen molar-refractivity contribution in [3.63, 3.8) is 0 Å². The molecule has 0 bridgehead atoms. The van der Waals surface area contributed by atoms with Gasteiger partial charge in [-0.1, -0.05) is 18.9 Å². The molecule has 1 saturated heterocycles. The molecule has 2 aliphatic carbocycles. The van der Waals surface area contributed by atoms with Crippen LogP contribution in [0.15, 0.2) is 18.2 Å². The molecule has 114 valence electrons. The minimum atomic E-state index is -0.279. The first-order valence-electron chi connectivity index (χ1n) is 8.36. The van der Waals surface area contributed by atoms with Gasteiger partial charge in [-0.15, -0.1) is 0 Å². The molecule has 2 fully saturated rings. The molecule has 1 saturated carbocycles. The van der Waals surface area contributed by atoms with Gasteiger partial charge in [0.05, 0.1) is 18.3 Å². The topological polar surface area (TPSA) is 38.7 Å². The van der Waals surface area contributed by atoms with Crippen LogP contribution in [-0.4, -0.2) is 23.4 Å². The van der Waals surface area contributed by atoms with Gasteiger partial charge in [-0.05, 0) is 48.9 Å². The highest BCUT2D eigenvalue weighted by molar-refractivity contribution is 5.40. The fourth-order valence-electron chi connectivity index (χ4n) is 4.29. The molecular formula is C18H24O3. The Morgan fingerprint density at radius 3 is 2.90 bits per heavy atom. The van der Waals surface area contributed by atoms with Crippen LogP contribution in [0.3, 0.4) is 0 Å². The summed E-state index contributed by atoms with van der Waals surface area (Å²) >= 11 is 0. The van der Waals surface area contributed by atoms with Gasteiger partial charge >= 0.3 is 0 Å². The molecule has 1 unspecified atom stereocenters. The van der Waals surface area contributed by atoms with Gasteiger partial charge in [-0.25, -0.2) is 0 Å².